The van der Waals surface area contributed by atoms with Gasteiger partial charge in [-0.2, -0.15) is 0 Å². The van der Waals surface area contributed by atoms with Gasteiger partial charge in [0.05, 0.1) is 33.4 Å². The maximum atomic E-state index is 12.9. The van der Waals surface area contributed by atoms with Crippen molar-refractivity contribution in [1.82, 2.24) is 5.32 Å². The molecule has 7 N–H and O–H groups in total. The largest absolute Gasteiger partial charge is 0.507 e. The topological polar surface area (TPSA) is 196 Å². The summed E-state index contributed by atoms with van der Waals surface area (Å²) in [4.78, 5) is 11.3. The Morgan fingerprint density at radius 2 is 1.54 bits per heavy atom. The second-order valence-corrected chi connectivity index (χ2v) is 12.0. The lowest BCUT2D eigenvalue weighted by Crippen LogP contribution is -2.24. The molecule has 3 rings (SSSR count). The Balaban J connectivity index is 1.59. The molecule has 0 aliphatic rings. The number of hydrogen-bond donors (Lipinski definition) is 6. The predicted molar refractivity (Wildman–Crippen MR) is 137 cm³/mol. The molecule has 1 amide bonds. The zero-order valence-electron chi connectivity index (χ0n) is 19.7. The van der Waals surface area contributed by atoms with Crippen LogP contribution in [0.5, 0.6) is 11.5 Å². The summed E-state index contributed by atoms with van der Waals surface area (Å²) in [6.45, 7) is 0.605. The fraction of sp³-hybridized carbons (Fsp3) is 0.208. The van der Waals surface area contributed by atoms with Gasteiger partial charge in [-0.25, -0.2) is 16.8 Å². The molecule has 11 nitrogen and oxygen atoms in total. The molecule has 3 aromatic rings. The van der Waals surface area contributed by atoms with Crippen molar-refractivity contribution in [2.45, 2.75) is 22.3 Å². The minimum atomic E-state index is -3.94. The van der Waals surface area contributed by atoms with Gasteiger partial charge in [-0.1, -0.05) is 18.2 Å². The van der Waals surface area contributed by atoms with E-state index < -0.39 is 37.6 Å². The number of rotatable bonds is 11. The van der Waals surface area contributed by atoms with E-state index in [-0.39, 0.29) is 33.3 Å². The van der Waals surface area contributed by atoms with E-state index in [2.05, 4.69) is 10.0 Å². The molecule has 0 unspecified atom stereocenters. The van der Waals surface area contributed by atoms with Gasteiger partial charge in [0.25, 0.3) is 5.91 Å². The average Bonchev–Trinajstić information content (AvgIpc) is 2.82. The van der Waals surface area contributed by atoms with Gasteiger partial charge >= 0.3 is 0 Å². The number of sulfonamides is 1. The second kappa shape index (κ2) is 11.2. The molecule has 0 heterocycles. The van der Waals surface area contributed by atoms with Crippen molar-refractivity contribution < 1.29 is 36.9 Å². The second-order valence-electron chi connectivity index (χ2n) is 8.31. The van der Waals surface area contributed by atoms with Crippen LogP contribution in [0.3, 0.4) is 0 Å². The normalized spacial score (nSPS) is 12.7. The number of aliphatic hydroxyl groups excluding tert-OH is 1. The zero-order chi connectivity index (χ0) is 27.4. The van der Waals surface area contributed by atoms with E-state index in [1.165, 1.54) is 36.4 Å². The van der Waals surface area contributed by atoms with Crippen LogP contribution in [0.4, 0.5) is 5.69 Å². The number of hydrogen-bond acceptors (Lipinski definition) is 9. The Morgan fingerprint density at radius 1 is 0.919 bits per heavy atom. The first-order chi connectivity index (χ1) is 17.3. The van der Waals surface area contributed by atoms with Crippen LogP contribution in [0.15, 0.2) is 70.5 Å². The van der Waals surface area contributed by atoms with Crippen molar-refractivity contribution in [1.29, 1.82) is 0 Å². The SMILES string of the molecule is CS(=O)(=O)Nc1cc([C@@H](O)CNCCc2ccc(S(=O)(=O)c3ccc(O)c(C(N)=O)c3)cc2)ccc1O. The lowest BCUT2D eigenvalue weighted by molar-refractivity contribution is 0.0997. The van der Waals surface area contributed by atoms with Gasteiger partial charge in [0.2, 0.25) is 19.9 Å². The molecule has 0 aromatic heterocycles. The van der Waals surface area contributed by atoms with Crippen molar-refractivity contribution in [3.05, 3.63) is 77.4 Å². The van der Waals surface area contributed by atoms with Gasteiger partial charge in [-0.3, -0.25) is 9.52 Å². The molecule has 0 aliphatic heterocycles. The quantitative estimate of drug-likeness (QED) is 0.151. The molecule has 0 saturated carbocycles. The number of anilines is 1. The maximum absolute atomic E-state index is 12.9. The number of aliphatic hydroxyl groups is 1. The highest BCUT2D eigenvalue weighted by molar-refractivity contribution is 7.92. The lowest BCUT2D eigenvalue weighted by Gasteiger charge is -2.15. The predicted octanol–water partition coefficient (Wildman–Crippen LogP) is 1.27. The molecule has 0 fully saturated rings. The van der Waals surface area contributed by atoms with E-state index >= 15 is 0 Å². The number of amides is 1. The van der Waals surface area contributed by atoms with E-state index in [9.17, 15) is 36.9 Å². The number of sulfone groups is 1. The van der Waals surface area contributed by atoms with Gasteiger partial charge in [-0.05, 0) is 66.6 Å². The number of carbonyl (C=O) groups excluding carboxylic acids is 1. The maximum Gasteiger partial charge on any atom is 0.252 e. The molecular formula is C24H27N3O8S2. The first-order valence-electron chi connectivity index (χ1n) is 10.9. The molecule has 198 valence electrons. The summed E-state index contributed by atoms with van der Waals surface area (Å²) in [6, 6.07) is 13.6. The Bertz CT molecular complexity index is 1510. The first kappa shape index (κ1) is 27.9. The number of phenols is 2. The minimum Gasteiger partial charge on any atom is -0.507 e. The van der Waals surface area contributed by atoms with Crippen LogP contribution < -0.4 is 15.8 Å². The smallest absolute Gasteiger partial charge is 0.252 e. The fourth-order valence-electron chi connectivity index (χ4n) is 3.48. The average molecular weight is 550 g/mol. The van der Waals surface area contributed by atoms with Crippen molar-refractivity contribution >= 4 is 31.5 Å². The van der Waals surface area contributed by atoms with Crippen molar-refractivity contribution in [3.8, 4) is 11.5 Å². The van der Waals surface area contributed by atoms with E-state index in [0.29, 0.717) is 18.5 Å². The molecule has 0 bridgehead atoms. The number of carbonyl (C=O) groups is 1. The highest BCUT2D eigenvalue weighted by Gasteiger charge is 2.20. The first-order valence-corrected chi connectivity index (χ1v) is 14.3. The fourth-order valence-corrected chi connectivity index (χ4v) is 5.33. The Labute approximate surface area is 214 Å². The van der Waals surface area contributed by atoms with E-state index in [0.717, 1.165) is 24.0 Å². The number of aromatic hydroxyl groups is 2. The third-order valence-corrected chi connectivity index (χ3v) is 7.76. The summed E-state index contributed by atoms with van der Waals surface area (Å²) in [5.41, 5.74) is 6.08. The zero-order valence-corrected chi connectivity index (χ0v) is 21.4. The third kappa shape index (κ3) is 7.20. The number of phenolic OH excluding ortho intramolecular Hbond substituents is 1. The van der Waals surface area contributed by atoms with Crippen LogP contribution in [0.25, 0.3) is 0 Å². The van der Waals surface area contributed by atoms with Gasteiger partial charge in [0.15, 0.2) is 0 Å². The van der Waals surface area contributed by atoms with Crippen LogP contribution in [0.1, 0.15) is 27.6 Å². The molecule has 1 atom stereocenters. The highest BCUT2D eigenvalue weighted by atomic mass is 32.2. The molecule has 3 aromatic carbocycles. The Morgan fingerprint density at radius 3 is 2.16 bits per heavy atom. The summed E-state index contributed by atoms with van der Waals surface area (Å²) in [5, 5.41) is 33.0. The summed E-state index contributed by atoms with van der Waals surface area (Å²) in [6.07, 6.45) is 0.504. The molecule has 0 aliphatic carbocycles. The molecule has 37 heavy (non-hydrogen) atoms. The van der Waals surface area contributed by atoms with Gasteiger partial charge in [0, 0.05) is 6.54 Å². The van der Waals surface area contributed by atoms with Crippen LogP contribution in [-0.2, 0) is 26.3 Å². The monoisotopic (exact) mass is 549 g/mol. The molecule has 13 heteroatoms. The lowest BCUT2D eigenvalue weighted by atomic mass is 10.1. The molecule has 0 saturated heterocycles. The number of primary amides is 1. The summed E-state index contributed by atoms with van der Waals surface area (Å²) in [5.74, 6) is -1.62. The molecule has 0 spiro atoms. The summed E-state index contributed by atoms with van der Waals surface area (Å²) < 4.78 is 50.8. The summed E-state index contributed by atoms with van der Waals surface area (Å²) in [7, 11) is -7.54. The van der Waals surface area contributed by atoms with Gasteiger partial charge in [0.1, 0.15) is 11.5 Å². The minimum absolute atomic E-state index is 0.00609. The number of nitrogens with one attached hydrogen (secondary N) is 2. The molecular weight excluding hydrogens is 522 g/mol. The van der Waals surface area contributed by atoms with E-state index in [4.69, 9.17) is 5.73 Å². The van der Waals surface area contributed by atoms with Crippen LogP contribution >= 0.6 is 0 Å². The van der Waals surface area contributed by atoms with Gasteiger partial charge in [-0.15, -0.1) is 0 Å². The number of nitrogens with two attached hydrogens (primary N) is 1. The standard InChI is InChI=1S/C24H27N3O8S2/c1-36(32,33)27-20-12-16(4-8-22(20)29)23(30)14-26-11-10-15-2-5-17(6-3-15)37(34,35)18-7-9-21(28)19(13-18)24(25)31/h2-9,12-13,23,26-30H,10-11,14H2,1H3,(H2,25,31)/t23-/m0/s1. The Hall–Kier alpha value is -3.65. The summed E-state index contributed by atoms with van der Waals surface area (Å²) >= 11 is 0. The highest BCUT2D eigenvalue weighted by Crippen LogP contribution is 2.28. The molecule has 0 radical (unpaired) electrons. The van der Waals surface area contributed by atoms with Crippen molar-refractivity contribution in [2.75, 3.05) is 24.1 Å². The van der Waals surface area contributed by atoms with E-state index in [1.807, 2.05) is 0 Å². The van der Waals surface area contributed by atoms with Crippen LogP contribution in [0, 0.1) is 0 Å². The van der Waals surface area contributed by atoms with Crippen LogP contribution in [-0.4, -0.2) is 57.4 Å². The van der Waals surface area contributed by atoms with Crippen LogP contribution in [0.2, 0.25) is 0 Å². The van der Waals surface area contributed by atoms with Gasteiger partial charge < -0.3 is 26.4 Å². The number of benzene rings is 3. The Kier molecular flexibility index (Phi) is 8.43. The van der Waals surface area contributed by atoms with E-state index in [1.54, 1.807) is 12.1 Å². The third-order valence-electron chi connectivity index (χ3n) is 5.41. The van der Waals surface area contributed by atoms with Crippen molar-refractivity contribution in [3.63, 3.8) is 0 Å². The van der Waals surface area contributed by atoms with Crippen molar-refractivity contribution in [2.24, 2.45) is 5.73 Å².